The number of allylic oxidation sites excluding steroid dienone is 9. The first-order chi connectivity index (χ1) is 28.0. The molecule has 328 valence electrons. The molecule has 0 saturated heterocycles. The maximum Gasteiger partial charge on any atom is 0.310 e. The Bertz CT molecular complexity index is 1050. The monoisotopic (exact) mass is 797 g/mol. The van der Waals surface area contributed by atoms with Crippen LogP contribution in [0.3, 0.4) is 0 Å². The predicted molar refractivity (Wildman–Crippen MR) is 242 cm³/mol. The van der Waals surface area contributed by atoms with Gasteiger partial charge in [-0.05, 0) is 44.9 Å². The number of carbonyl (C=O) groups is 3. The lowest BCUT2D eigenvalue weighted by molar-refractivity contribution is -0.166. The molecular formula is C51H88O6. The number of rotatable bonds is 42. The van der Waals surface area contributed by atoms with E-state index in [1.807, 2.05) is 6.08 Å². The number of unbranched alkanes of at least 4 members (excludes halogenated alkanes) is 22. The molecule has 0 N–H and O–H groups in total. The molecule has 0 radical (unpaired) electrons. The summed E-state index contributed by atoms with van der Waals surface area (Å²) in [6.45, 7) is 6.35. The molecule has 0 fully saturated rings. The minimum atomic E-state index is -0.821. The molecule has 0 saturated carbocycles. The number of carbonyl (C=O) groups excluding carboxylic acids is 3. The first-order valence-corrected chi connectivity index (χ1v) is 23.8. The second kappa shape index (κ2) is 45.8. The molecular weight excluding hydrogens is 709 g/mol. The Hall–Kier alpha value is -2.89. The molecule has 0 aromatic carbocycles. The van der Waals surface area contributed by atoms with Crippen LogP contribution in [0, 0.1) is 0 Å². The predicted octanol–water partition coefficient (Wildman–Crippen LogP) is 15.3. The maximum atomic E-state index is 12.6. The van der Waals surface area contributed by atoms with Gasteiger partial charge in [-0.3, -0.25) is 14.4 Å². The summed E-state index contributed by atoms with van der Waals surface area (Å²) < 4.78 is 16.5. The summed E-state index contributed by atoms with van der Waals surface area (Å²) in [5, 5.41) is 0. The van der Waals surface area contributed by atoms with Gasteiger partial charge in [-0.2, -0.15) is 0 Å². The highest BCUT2D eigenvalue weighted by Gasteiger charge is 2.19. The van der Waals surface area contributed by atoms with Crippen molar-refractivity contribution < 1.29 is 28.6 Å². The van der Waals surface area contributed by atoms with Crippen molar-refractivity contribution in [2.45, 2.75) is 232 Å². The molecule has 1 atom stereocenters. The summed E-state index contributed by atoms with van der Waals surface area (Å²) >= 11 is 0. The van der Waals surface area contributed by atoms with E-state index in [2.05, 4.69) is 69.4 Å². The fraction of sp³-hybridized carbons (Fsp3) is 0.745. The van der Waals surface area contributed by atoms with E-state index in [1.165, 1.54) is 103 Å². The zero-order chi connectivity index (χ0) is 41.5. The SMILES string of the molecule is CC/C=C\C/C=C\C/C=C\C/C=C\C/C=C\CC(=O)OC(COC(=O)CCCCCCC)COC(=O)CCCCCCCCCCCCCCCCCCCCC. The molecule has 0 heterocycles. The molecule has 57 heavy (non-hydrogen) atoms. The Morgan fingerprint density at radius 3 is 1.00 bits per heavy atom. The highest BCUT2D eigenvalue weighted by atomic mass is 16.6. The van der Waals surface area contributed by atoms with Gasteiger partial charge in [-0.1, -0.05) is 223 Å². The molecule has 0 aliphatic rings. The molecule has 6 nitrogen and oxygen atoms in total. The number of esters is 3. The normalized spacial score (nSPS) is 12.5. The molecule has 0 aromatic heterocycles. The third-order valence-corrected chi connectivity index (χ3v) is 10.1. The minimum absolute atomic E-state index is 0.0999. The molecule has 0 rings (SSSR count). The maximum absolute atomic E-state index is 12.6. The third-order valence-electron chi connectivity index (χ3n) is 10.1. The van der Waals surface area contributed by atoms with Crippen LogP contribution in [0.1, 0.15) is 226 Å². The Morgan fingerprint density at radius 1 is 0.368 bits per heavy atom. The fourth-order valence-electron chi connectivity index (χ4n) is 6.52. The lowest BCUT2D eigenvalue weighted by Gasteiger charge is -2.18. The first-order valence-electron chi connectivity index (χ1n) is 23.8. The van der Waals surface area contributed by atoms with Crippen LogP contribution in [0.2, 0.25) is 0 Å². The number of hydrogen-bond acceptors (Lipinski definition) is 6. The fourth-order valence-corrected chi connectivity index (χ4v) is 6.52. The molecule has 0 aromatic rings. The van der Waals surface area contributed by atoms with Crippen LogP contribution in [-0.4, -0.2) is 37.2 Å². The van der Waals surface area contributed by atoms with E-state index in [-0.39, 0.29) is 31.6 Å². The van der Waals surface area contributed by atoms with Crippen LogP contribution in [0.4, 0.5) is 0 Å². The van der Waals surface area contributed by atoms with E-state index in [0.717, 1.165) is 83.5 Å². The Morgan fingerprint density at radius 2 is 0.667 bits per heavy atom. The lowest BCUT2D eigenvalue weighted by Crippen LogP contribution is -2.30. The Balaban J connectivity index is 4.27. The number of ether oxygens (including phenoxy) is 3. The summed E-state index contributed by atoms with van der Waals surface area (Å²) in [4.78, 5) is 37.5. The van der Waals surface area contributed by atoms with Gasteiger partial charge in [0.05, 0.1) is 6.42 Å². The summed E-state index contributed by atoms with van der Waals surface area (Å²) in [6.07, 6.45) is 55.6. The molecule has 0 spiro atoms. The molecule has 0 aliphatic carbocycles. The van der Waals surface area contributed by atoms with Crippen LogP contribution in [-0.2, 0) is 28.6 Å². The molecule has 0 amide bonds. The van der Waals surface area contributed by atoms with Gasteiger partial charge >= 0.3 is 17.9 Å². The van der Waals surface area contributed by atoms with Crippen LogP contribution in [0.15, 0.2) is 60.8 Å². The van der Waals surface area contributed by atoms with E-state index in [1.54, 1.807) is 6.08 Å². The first kappa shape index (κ1) is 54.1. The van der Waals surface area contributed by atoms with Crippen molar-refractivity contribution in [3.8, 4) is 0 Å². The van der Waals surface area contributed by atoms with Gasteiger partial charge in [0.25, 0.3) is 0 Å². The highest BCUT2D eigenvalue weighted by Crippen LogP contribution is 2.15. The van der Waals surface area contributed by atoms with E-state index in [4.69, 9.17) is 14.2 Å². The number of hydrogen-bond donors (Lipinski definition) is 0. The van der Waals surface area contributed by atoms with Gasteiger partial charge in [-0.25, -0.2) is 0 Å². The van der Waals surface area contributed by atoms with Crippen molar-refractivity contribution in [1.29, 1.82) is 0 Å². The molecule has 6 heteroatoms. The Kier molecular flexibility index (Phi) is 43.5. The smallest absolute Gasteiger partial charge is 0.310 e. The summed E-state index contributed by atoms with van der Waals surface area (Å²) in [5.41, 5.74) is 0. The average Bonchev–Trinajstić information content (AvgIpc) is 3.21. The van der Waals surface area contributed by atoms with Gasteiger partial charge in [0.2, 0.25) is 0 Å². The standard InChI is InChI=1S/C51H88O6/c1-4-7-10-13-15-17-19-21-23-24-25-26-28-29-31-33-35-38-41-44-50(53)56-47-48(46-55-49(52)43-40-37-12-9-6-3)57-51(54)45-42-39-36-34-32-30-27-22-20-18-16-14-11-8-5-2/h8,11,16,18,22,27,32,34,39,42,48H,4-7,9-10,12-15,17,19-21,23-26,28-31,33,35-38,40-41,43-47H2,1-3H3/b11-8-,18-16-,27-22-,34-32-,42-39-. The topological polar surface area (TPSA) is 78.9 Å². The van der Waals surface area contributed by atoms with Gasteiger partial charge in [0, 0.05) is 12.8 Å². The summed E-state index contributed by atoms with van der Waals surface area (Å²) in [7, 11) is 0. The van der Waals surface area contributed by atoms with E-state index in [9.17, 15) is 14.4 Å². The minimum Gasteiger partial charge on any atom is -0.462 e. The van der Waals surface area contributed by atoms with Gasteiger partial charge < -0.3 is 14.2 Å². The largest absolute Gasteiger partial charge is 0.462 e. The molecule has 1 unspecified atom stereocenters. The zero-order valence-electron chi connectivity index (χ0n) is 37.3. The van der Waals surface area contributed by atoms with Crippen molar-refractivity contribution in [2.75, 3.05) is 13.2 Å². The van der Waals surface area contributed by atoms with Gasteiger partial charge in [-0.15, -0.1) is 0 Å². The second-order valence-corrected chi connectivity index (χ2v) is 15.7. The van der Waals surface area contributed by atoms with Crippen LogP contribution < -0.4 is 0 Å². The van der Waals surface area contributed by atoms with Crippen molar-refractivity contribution >= 4 is 17.9 Å². The van der Waals surface area contributed by atoms with Crippen molar-refractivity contribution in [3.63, 3.8) is 0 Å². The third kappa shape index (κ3) is 44.1. The van der Waals surface area contributed by atoms with Crippen LogP contribution in [0.25, 0.3) is 0 Å². The van der Waals surface area contributed by atoms with E-state index >= 15 is 0 Å². The summed E-state index contributed by atoms with van der Waals surface area (Å²) in [5.74, 6) is -1.05. The quantitative estimate of drug-likeness (QED) is 0.0265. The van der Waals surface area contributed by atoms with Crippen molar-refractivity contribution in [3.05, 3.63) is 60.8 Å². The molecule has 0 aliphatic heterocycles. The van der Waals surface area contributed by atoms with Crippen LogP contribution >= 0.6 is 0 Å². The Labute approximate surface area is 351 Å². The average molecular weight is 797 g/mol. The van der Waals surface area contributed by atoms with E-state index in [0.29, 0.717) is 12.8 Å². The van der Waals surface area contributed by atoms with Gasteiger partial charge in [0.1, 0.15) is 13.2 Å². The lowest BCUT2D eigenvalue weighted by atomic mass is 10.0. The molecule has 0 bridgehead atoms. The van der Waals surface area contributed by atoms with Crippen molar-refractivity contribution in [1.82, 2.24) is 0 Å². The van der Waals surface area contributed by atoms with E-state index < -0.39 is 12.1 Å². The second-order valence-electron chi connectivity index (χ2n) is 15.7. The highest BCUT2D eigenvalue weighted by molar-refractivity contribution is 5.72. The van der Waals surface area contributed by atoms with Crippen molar-refractivity contribution in [2.24, 2.45) is 0 Å². The van der Waals surface area contributed by atoms with Gasteiger partial charge in [0.15, 0.2) is 6.10 Å². The van der Waals surface area contributed by atoms with Crippen LogP contribution in [0.5, 0.6) is 0 Å². The summed E-state index contributed by atoms with van der Waals surface area (Å²) in [6, 6.07) is 0. The zero-order valence-corrected chi connectivity index (χ0v) is 37.3.